The number of aryl methyl sites for hydroxylation is 2. The lowest BCUT2D eigenvalue weighted by Gasteiger charge is -2.23. The molecule has 0 aromatic heterocycles. The van der Waals surface area contributed by atoms with E-state index in [1.165, 1.54) is 0 Å². The maximum atomic E-state index is 12.6. The number of rotatable bonds is 6. The molecule has 0 heterocycles. The molecule has 0 unspecified atom stereocenters. The van der Waals surface area contributed by atoms with E-state index in [1.54, 1.807) is 11.9 Å². The van der Waals surface area contributed by atoms with E-state index in [1.807, 2.05) is 32.0 Å². The SMILES string of the molecule is CCCCN(C)C(=O)C1(C(=O)Nc2ccc(C)cc2C)CC1. The first kappa shape index (κ1) is 16.5. The Bertz CT molecular complexity index is 576. The summed E-state index contributed by atoms with van der Waals surface area (Å²) < 4.78 is 0. The minimum Gasteiger partial charge on any atom is -0.345 e. The van der Waals surface area contributed by atoms with E-state index in [-0.39, 0.29) is 11.8 Å². The number of anilines is 1. The third kappa shape index (κ3) is 3.32. The van der Waals surface area contributed by atoms with E-state index < -0.39 is 5.41 Å². The van der Waals surface area contributed by atoms with Crippen molar-refractivity contribution in [2.45, 2.75) is 46.5 Å². The average molecular weight is 302 g/mol. The zero-order valence-electron chi connectivity index (χ0n) is 14.0. The summed E-state index contributed by atoms with van der Waals surface area (Å²) in [6.45, 7) is 6.80. The summed E-state index contributed by atoms with van der Waals surface area (Å²) in [5.74, 6) is -0.198. The number of carbonyl (C=O) groups is 2. The average Bonchev–Trinajstić information content (AvgIpc) is 3.28. The van der Waals surface area contributed by atoms with Gasteiger partial charge in [0.1, 0.15) is 5.41 Å². The lowest BCUT2D eigenvalue weighted by atomic mass is 10.0. The van der Waals surface area contributed by atoms with Crippen molar-refractivity contribution in [1.82, 2.24) is 4.90 Å². The highest BCUT2D eigenvalue weighted by atomic mass is 16.2. The van der Waals surface area contributed by atoms with Crippen molar-refractivity contribution in [3.63, 3.8) is 0 Å². The van der Waals surface area contributed by atoms with Crippen molar-refractivity contribution in [3.8, 4) is 0 Å². The van der Waals surface area contributed by atoms with Gasteiger partial charge in [-0.3, -0.25) is 9.59 Å². The van der Waals surface area contributed by atoms with Crippen LogP contribution >= 0.6 is 0 Å². The summed E-state index contributed by atoms with van der Waals surface area (Å²) in [5, 5.41) is 2.95. The molecule has 1 fully saturated rings. The summed E-state index contributed by atoms with van der Waals surface area (Å²) >= 11 is 0. The molecule has 0 aliphatic heterocycles. The summed E-state index contributed by atoms with van der Waals surface area (Å²) in [7, 11) is 1.79. The Morgan fingerprint density at radius 1 is 1.27 bits per heavy atom. The monoisotopic (exact) mass is 302 g/mol. The van der Waals surface area contributed by atoms with Crippen LogP contribution in [0.4, 0.5) is 5.69 Å². The normalized spacial score (nSPS) is 15.3. The van der Waals surface area contributed by atoms with Gasteiger partial charge in [-0.25, -0.2) is 0 Å². The zero-order chi connectivity index (χ0) is 16.3. The maximum absolute atomic E-state index is 12.6. The molecule has 120 valence electrons. The molecule has 4 nitrogen and oxygen atoms in total. The van der Waals surface area contributed by atoms with Gasteiger partial charge in [-0.15, -0.1) is 0 Å². The van der Waals surface area contributed by atoms with E-state index in [0.717, 1.165) is 29.7 Å². The molecule has 1 aromatic carbocycles. The molecular weight excluding hydrogens is 276 g/mol. The van der Waals surface area contributed by atoms with Crippen LogP contribution in [0.2, 0.25) is 0 Å². The Balaban J connectivity index is 2.06. The number of benzene rings is 1. The van der Waals surface area contributed by atoms with Crippen LogP contribution in [-0.4, -0.2) is 30.3 Å². The molecule has 1 saturated carbocycles. The van der Waals surface area contributed by atoms with Crippen LogP contribution < -0.4 is 5.32 Å². The molecule has 2 amide bonds. The minimum absolute atomic E-state index is 0.0387. The van der Waals surface area contributed by atoms with E-state index >= 15 is 0 Å². The molecule has 1 aliphatic carbocycles. The number of nitrogens with zero attached hydrogens (tertiary/aromatic N) is 1. The van der Waals surface area contributed by atoms with E-state index in [9.17, 15) is 9.59 Å². The van der Waals surface area contributed by atoms with Crippen molar-refractivity contribution in [2.75, 3.05) is 18.9 Å². The van der Waals surface area contributed by atoms with Gasteiger partial charge in [0.2, 0.25) is 11.8 Å². The maximum Gasteiger partial charge on any atom is 0.240 e. The molecule has 22 heavy (non-hydrogen) atoms. The number of amides is 2. The Morgan fingerprint density at radius 2 is 1.95 bits per heavy atom. The molecule has 1 N–H and O–H groups in total. The van der Waals surface area contributed by atoms with Crippen molar-refractivity contribution in [2.24, 2.45) is 5.41 Å². The molecule has 0 spiro atoms. The van der Waals surface area contributed by atoms with Crippen LogP contribution in [0.3, 0.4) is 0 Å². The first-order valence-electron chi connectivity index (χ1n) is 8.05. The smallest absolute Gasteiger partial charge is 0.240 e. The van der Waals surface area contributed by atoms with E-state index in [0.29, 0.717) is 19.4 Å². The zero-order valence-corrected chi connectivity index (χ0v) is 14.0. The minimum atomic E-state index is -0.834. The van der Waals surface area contributed by atoms with Crippen LogP contribution in [0.5, 0.6) is 0 Å². The molecule has 1 aromatic rings. The summed E-state index contributed by atoms with van der Waals surface area (Å²) in [5.41, 5.74) is 2.15. The summed E-state index contributed by atoms with van der Waals surface area (Å²) in [6, 6.07) is 5.91. The molecule has 0 bridgehead atoms. The largest absolute Gasteiger partial charge is 0.345 e. The number of hydrogen-bond acceptors (Lipinski definition) is 2. The third-order valence-electron chi connectivity index (χ3n) is 4.42. The number of nitrogens with one attached hydrogen (secondary N) is 1. The first-order valence-corrected chi connectivity index (χ1v) is 8.05. The molecule has 0 atom stereocenters. The van der Waals surface area contributed by atoms with Crippen molar-refractivity contribution < 1.29 is 9.59 Å². The summed E-state index contributed by atoms with van der Waals surface area (Å²) in [6.07, 6.45) is 3.31. The lowest BCUT2D eigenvalue weighted by molar-refractivity contribution is -0.141. The van der Waals surface area contributed by atoms with Gasteiger partial charge in [0, 0.05) is 19.3 Å². The fraction of sp³-hybridized carbons (Fsp3) is 0.556. The van der Waals surface area contributed by atoms with Crippen molar-refractivity contribution >= 4 is 17.5 Å². The van der Waals surface area contributed by atoms with Crippen LogP contribution in [0, 0.1) is 19.3 Å². The van der Waals surface area contributed by atoms with Gasteiger partial charge in [0.25, 0.3) is 0 Å². The second-order valence-corrected chi connectivity index (χ2v) is 6.43. The van der Waals surface area contributed by atoms with Gasteiger partial charge >= 0.3 is 0 Å². The highest BCUT2D eigenvalue weighted by molar-refractivity contribution is 6.13. The Morgan fingerprint density at radius 3 is 2.50 bits per heavy atom. The first-order chi connectivity index (χ1) is 10.4. The van der Waals surface area contributed by atoms with Crippen LogP contribution in [0.15, 0.2) is 18.2 Å². The van der Waals surface area contributed by atoms with Crippen LogP contribution in [0.1, 0.15) is 43.7 Å². The van der Waals surface area contributed by atoms with E-state index in [4.69, 9.17) is 0 Å². The fourth-order valence-corrected chi connectivity index (χ4v) is 2.72. The predicted molar refractivity (Wildman–Crippen MR) is 88.8 cm³/mol. The van der Waals surface area contributed by atoms with Gasteiger partial charge < -0.3 is 10.2 Å². The summed E-state index contributed by atoms with van der Waals surface area (Å²) in [4.78, 5) is 26.9. The quantitative estimate of drug-likeness (QED) is 0.820. The van der Waals surface area contributed by atoms with Crippen LogP contribution in [0.25, 0.3) is 0 Å². The van der Waals surface area contributed by atoms with Crippen molar-refractivity contribution in [1.29, 1.82) is 0 Å². The van der Waals surface area contributed by atoms with Gasteiger partial charge in [-0.05, 0) is 44.7 Å². The lowest BCUT2D eigenvalue weighted by Crippen LogP contribution is -2.41. The topological polar surface area (TPSA) is 49.4 Å². The third-order valence-corrected chi connectivity index (χ3v) is 4.42. The van der Waals surface area contributed by atoms with Gasteiger partial charge in [0.15, 0.2) is 0 Å². The number of hydrogen-bond donors (Lipinski definition) is 1. The second-order valence-electron chi connectivity index (χ2n) is 6.43. The Labute approximate surface area is 132 Å². The van der Waals surface area contributed by atoms with Crippen LogP contribution in [-0.2, 0) is 9.59 Å². The predicted octanol–water partition coefficient (Wildman–Crippen LogP) is 3.28. The van der Waals surface area contributed by atoms with Gasteiger partial charge in [-0.1, -0.05) is 31.0 Å². The molecule has 0 radical (unpaired) electrons. The highest BCUT2D eigenvalue weighted by Crippen LogP contribution is 2.48. The van der Waals surface area contributed by atoms with Gasteiger partial charge in [0.05, 0.1) is 0 Å². The molecule has 4 heteroatoms. The number of unbranched alkanes of at least 4 members (excludes halogenated alkanes) is 1. The number of carbonyl (C=O) groups excluding carboxylic acids is 2. The highest BCUT2D eigenvalue weighted by Gasteiger charge is 2.57. The fourth-order valence-electron chi connectivity index (χ4n) is 2.72. The van der Waals surface area contributed by atoms with E-state index in [2.05, 4.69) is 12.2 Å². The molecular formula is C18H26N2O2. The molecule has 1 aliphatic rings. The van der Waals surface area contributed by atoms with Gasteiger partial charge in [-0.2, -0.15) is 0 Å². The standard InChI is InChI=1S/C18H26N2O2/c1-5-6-11-20(4)17(22)18(9-10-18)16(21)19-15-8-7-13(2)12-14(15)3/h7-8,12H,5-6,9-11H2,1-4H3,(H,19,21). The second kappa shape index (κ2) is 6.51. The Kier molecular flexibility index (Phi) is 4.89. The molecule has 0 saturated heterocycles. The molecule has 2 rings (SSSR count). The Hall–Kier alpha value is -1.84. The van der Waals surface area contributed by atoms with Crippen molar-refractivity contribution in [3.05, 3.63) is 29.3 Å².